The lowest BCUT2D eigenvalue weighted by molar-refractivity contribution is -0.121. The Balaban J connectivity index is 1.32. The van der Waals surface area contributed by atoms with E-state index in [1.54, 1.807) is 24.3 Å². The van der Waals surface area contributed by atoms with Crippen molar-refractivity contribution in [3.8, 4) is 0 Å². The van der Waals surface area contributed by atoms with E-state index in [-0.39, 0.29) is 18.9 Å². The molecule has 0 aliphatic carbocycles. The SMILES string of the molecule is O=C(CCn1c(=O)[nH]c(=O)c2ccccc21)NCc1ccc(CN2CCCC2)cc1. The number of hydrogen-bond donors (Lipinski definition) is 2. The van der Waals surface area contributed by atoms with Crippen LogP contribution >= 0.6 is 0 Å². The van der Waals surface area contributed by atoms with Crippen LogP contribution in [0.15, 0.2) is 58.1 Å². The largest absolute Gasteiger partial charge is 0.352 e. The van der Waals surface area contributed by atoms with Crippen LogP contribution in [0.4, 0.5) is 0 Å². The van der Waals surface area contributed by atoms with Gasteiger partial charge in [-0.05, 0) is 49.2 Å². The number of benzene rings is 2. The second kappa shape index (κ2) is 9.09. The topological polar surface area (TPSA) is 87.2 Å². The average Bonchev–Trinajstić information content (AvgIpc) is 3.26. The van der Waals surface area contributed by atoms with Crippen LogP contribution in [0, 0.1) is 0 Å². The number of carbonyl (C=O) groups is 1. The molecule has 1 aliphatic heterocycles. The third-order valence-electron chi connectivity index (χ3n) is 5.59. The first-order valence-corrected chi connectivity index (χ1v) is 10.4. The molecule has 1 aromatic heterocycles. The number of aryl methyl sites for hydroxylation is 1. The van der Waals surface area contributed by atoms with E-state index in [0.717, 1.165) is 12.1 Å². The molecule has 0 unspecified atom stereocenters. The molecule has 7 nitrogen and oxygen atoms in total. The quantitative estimate of drug-likeness (QED) is 0.628. The van der Waals surface area contributed by atoms with Crippen LogP contribution in [0.2, 0.25) is 0 Å². The van der Waals surface area contributed by atoms with Crippen molar-refractivity contribution in [2.75, 3.05) is 13.1 Å². The van der Waals surface area contributed by atoms with Gasteiger partial charge in [-0.15, -0.1) is 0 Å². The molecule has 1 amide bonds. The lowest BCUT2D eigenvalue weighted by Gasteiger charge is -2.14. The minimum Gasteiger partial charge on any atom is -0.352 e. The monoisotopic (exact) mass is 406 g/mol. The third-order valence-corrected chi connectivity index (χ3v) is 5.59. The van der Waals surface area contributed by atoms with Gasteiger partial charge in [-0.3, -0.25) is 24.0 Å². The van der Waals surface area contributed by atoms with Crippen LogP contribution in [0.1, 0.15) is 30.4 Å². The summed E-state index contributed by atoms with van der Waals surface area (Å²) in [5, 5.41) is 3.34. The Morgan fingerprint density at radius 1 is 0.967 bits per heavy atom. The highest BCUT2D eigenvalue weighted by atomic mass is 16.2. The number of carbonyl (C=O) groups excluding carboxylic acids is 1. The van der Waals surface area contributed by atoms with Gasteiger partial charge in [-0.2, -0.15) is 0 Å². The van der Waals surface area contributed by atoms with Gasteiger partial charge in [0.05, 0.1) is 10.9 Å². The van der Waals surface area contributed by atoms with Crippen molar-refractivity contribution in [3.63, 3.8) is 0 Å². The zero-order chi connectivity index (χ0) is 20.9. The van der Waals surface area contributed by atoms with Crippen molar-refractivity contribution in [1.82, 2.24) is 19.8 Å². The number of aromatic nitrogens is 2. The molecule has 7 heteroatoms. The van der Waals surface area contributed by atoms with Gasteiger partial charge in [0.1, 0.15) is 0 Å². The number of aromatic amines is 1. The fourth-order valence-corrected chi connectivity index (χ4v) is 3.93. The van der Waals surface area contributed by atoms with E-state index in [2.05, 4.69) is 27.3 Å². The summed E-state index contributed by atoms with van der Waals surface area (Å²) >= 11 is 0. The molecule has 0 saturated carbocycles. The molecule has 0 bridgehead atoms. The predicted molar refractivity (Wildman–Crippen MR) is 116 cm³/mol. The van der Waals surface area contributed by atoms with E-state index in [0.29, 0.717) is 17.4 Å². The average molecular weight is 406 g/mol. The van der Waals surface area contributed by atoms with Crippen LogP contribution in [0.3, 0.4) is 0 Å². The van der Waals surface area contributed by atoms with Gasteiger partial charge >= 0.3 is 5.69 Å². The summed E-state index contributed by atoms with van der Waals surface area (Å²) in [7, 11) is 0. The minimum atomic E-state index is -0.500. The summed E-state index contributed by atoms with van der Waals surface area (Å²) in [6.45, 7) is 3.98. The highest BCUT2D eigenvalue weighted by Crippen LogP contribution is 2.13. The highest BCUT2D eigenvalue weighted by molar-refractivity contribution is 5.78. The molecule has 2 aromatic carbocycles. The molecule has 0 spiro atoms. The van der Waals surface area contributed by atoms with Crippen molar-refractivity contribution >= 4 is 16.8 Å². The van der Waals surface area contributed by atoms with Crippen LogP contribution in [0.5, 0.6) is 0 Å². The maximum atomic E-state index is 12.3. The van der Waals surface area contributed by atoms with Gasteiger partial charge < -0.3 is 5.32 Å². The van der Waals surface area contributed by atoms with E-state index < -0.39 is 11.2 Å². The second-order valence-corrected chi connectivity index (χ2v) is 7.75. The first kappa shape index (κ1) is 20.1. The Labute approximate surface area is 174 Å². The third kappa shape index (κ3) is 4.68. The number of para-hydroxylation sites is 1. The van der Waals surface area contributed by atoms with E-state index >= 15 is 0 Å². The van der Waals surface area contributed by atoms with E-state index in [1.807, 2.05) is 12.1 Å². The van der Waals surface area contributed by atoms with E-state index in [9.17, 15) is 14.4 Å². The molecular weight excluding hydrogens is 380 g/mol. The summed E-state index contributed by atoms with van der Waals surface area (Å²) in [5.74, 6) is -0.140. The van der Waals surface area contributed by atoms with Crippen LogP contribution in [-0.2, 0) is 24.4 Å². The summed E-state index contributed by atoms with van der Waals surface area (Å²) in [5.41, 5.74) is 1.95. The van der Waals surface area contributed by atoms with Crippen LogP contribution in [0.25, 0.3) is 10.9 Å². The number of nitrogens with zero attached hydrogens (tertiary/aromatic N) is 2. The predicted octanol–water partition coefficient (Wildman–Crippen LogP) is 1.99. The fraction of sp³-hybridized carbons (Fsp3) is 0.348. The highest BCUT2D eigenvalue weighted by Gasteiger charge is 2.12. The summed E-state index contributed by atoms with van der Waals surface area (Å²) in [4.78, 5) is 41.2. The number of rotatable bonds is 7. The Kier molecular flexibility index (Phi) is 6.09. The first-order valence-electron chi connectivity index (χ1n) is 10.4. The molecular formula is C23H26N4O3. The number of amides is 1. The van der Waals surface area contributed by atoms with Gasteiger partial charge in [-0.25, -0.2) is 4.79 Å². The normalized spacial score (nSPS) is 14.3. The molecule has 1 saturated heterocycles. The van der Waals surface area contributed by atoms with Crippen molar-refractivity contribution in [3.05, 3.63) is 80.5 Å². The Hall–Kier alpha value is -3.19. The lowest BCUT2D eigenvalue weighted by Crippen LogP contribution is -2.32. The smallest absolute Gasteiger partial charge is 0.328 e. The minimum absolute atomic E-state index is 0.140. The van der Waals surface area contributed by atoms with Crippen LogP contribution < -0.4 is 16.6 Å². The zero-order valence-electron chi connectivity index (χ0n) is 16.9. The molecule has 3 aromatic rings. The Bertz CT molecular complexity index is 1140. The zero-order valence-corrected chi connectivity index (χ0v) is 16.9. The summed E-state index contributed by atoms with van der Waals surface area (Å²) in [6.07, 6.45) is 2.72. The van der Waals surface area contributed by atoms with Crippen molar-refractivity contribution in [1.29, 1.82) is 0 Å². The Morgan fingerprint density at radius 2 is 1.67 bits per heavy atom. The van der Waals surface area contributed by atoms with Gasteiger partial charge in [-0.1, -0.05) is 36.4 Å². The van der Waals surface area contributed by atoms with Crippen molar-refractivity contribution in [2.24, 2.45) is 0 Å². The van der Waals surface area contributed by atoms with E-state index in [1.165, 1.54) is 36.1 Å². The van der Waals surface area contributed by atoms with Gasteiger partial charge in [0.2, 0.25) is 5.91 Å². The first-order chi connectivity index (χ1) is 14.6. The molecule has 1 fully saturated rings. The number of likely N-dealkylation sites (tertiary alicyclic amines) is 1. The number of hydrogen-bond acceptors (Lipinski definition) is 4. The van der Waals surface area contributed by atoms with E-state index in [4.69, 9.17) is 0 Å². The number of nitrogens with one attached hydrogen (secondary N) is 2. The van der Waals surface area contributed by atoms with Gasteiger partial charge in [0.25, 0.3) is 5.56 Å². The van der Waals surface area contributed by atoms with Gasteiger partial charge in [0.15, 0.2) is 0 Å². The molecule has 0 radical (unpaired) electrons. The molecule has 0 atom stereocenters. The summed E-state index contributed by atoms with van der Waals surface area (Å²) < 4.78 is 1.43. The maximum Gasteiger partial charge on any atom is 0.328 e. The van der Waals surface area contributed by atoms with Crippen LogP contribution in [-0.4, -0.2) is 33.4 Å². The molecule has 30 heavy (non-hydrogen) atoms. The van der Waals surface area contributed by atoms with Gasteiger partial charge in [0, 0.05) is 26.1 Å². The summed E-state index contributed by atoms with van der Waals surface area (Å²) in [6, 6.07) is 15.2. The standard InChI is InChI=1S/C23H26N4O3/c28-21(11-14-27-20-6-2-1-5-19(20)22(29)25-23(27)30)24-15-17-7-9-18(10-8-17)16-26-12-3-4-13-26/h1-2,5-10H,3-4,11-16H2,(H,24,28)(H,25,29,30). The lowest BCUT2D eigenvalue weighted by atomic mass is 10.1. The number of fused-ring (bicyclic) bond motifs is 1. The molecule has 4 rings (SSSR count). The molecule has 1 aliphatic rings. The second-order valence-electron chi connectivity index (χ2n) is 7.75. The molecule has 2 N–H and O–H groups in total. The fourth-order valence-electron chi connectivity index (χ4n) is 3.93. The Morgan fingerprint density at radius 3 is 2.43 bits per heavy atom. The van der Waals surface area contributed by atoms with Crippen molar-refractivity contribution in [2.45, 2.75) is 38.9 Å². The number of H-pyrrole nitrogens is 1. The van der Waals surface area contributed by atoms with Crippen molar-refractivity contribution < 1.29 is 4.79 Å². The maximum absolute atomic E-state index is 12.3. The molecule has 2 heterocycles. The molecule has 156 valence electrons.